The largest absolute Gasteiger partial charge is 0.366 e. The lowest BCUT2D eigenvalue weighted by atomic mass is 10.1. The highest BCUT2D eigenvalue weighted by Gasteiger charge is 2.31. The summed E-state index contributed by atoms with van der Waals surface area (Å²) in [5.41, 5.74) is 1.26. The van der Waals surface area contributed by atoms with E-state index in [4.69, 9.17) is 9.26 Å². The number of morpholine rings is 1. The third-order valence-corrected chi connectivity index (χ3v) is 4.01. The monoisotopic (exact) mass is 319 g/mol. The topological polar surface area (TPSA) is 97.1 Å². The van der Waals surface area contributed by atoms with Gasteiger partial charge >= 0.3 is 0 Å². The minimum absolute atomic E-state index is 0.0693. The SMILES string of the molecule is CCc1nc([C@H]2CN(C(=O)c3c(CC)noc3C)CCO2)n[nH]1. The smallest absolute Gasteiger partial charge is 0.259 e. The number of ether oxygens (including phenoxy) is 1. The van der Waals surface area contributed by atoms with Gasteiger partial charge in [0.25, 0.3) is 5.91 Å². The van der Waals surface area contributed by atoms with Gasteiger partial charge in [0.2, 0.25) is 0 Å². The molecule has 1 aliphatic heterocycles. The molecule has 0 spiro atoms. The molecule has 1 atom stereocenters. The number of aromatic amines is 1. The summed E-state index contributed by atoms with van der Waals surface area (Å²) < 4.78 is 10.9. The summed E-state index contributed by atoms with van der Waals surface area (Å²) in [4.78, 5) is 19.0. The van der Waals surface area contributed by atoms with Crippen LogP contribution in [-0.2, 0) is 17.6 Å². The maximum Gasteiger partial charge on any atom is 0.259 e. The third kappa shape index (κ3) is 2.98. The second kappa shape index (κ2) is 6.49. The van der Waals surface area contributed by atoms with Crippen LogP contribution < -0.4 is 0 Å². The maximum absolute atomic E-state index is 12.8. The lowest BCUT2D eigenvalue weighted by Crippen LogP contribution is -2.43. The fraction of sp³-hybridized carbons (Fsp3) is 0.600. The summed E-state index contributed by atoms with van der Waals surface area (Å²) >= 11 is 0. The van der Waals surface area contributed by atoms with Crippen LogP contribution >= 0.6 is 0 Å². The van der Waals surface area contributed by atoms with E-state index in [1.807, 2.05) is 13.8 Å². The molecule has 0 saturated carbocycles. The molecule has 1 saturated heterocycles. The van der Waals surface area contributed by atoms with Crippen molar-refractivity contribution in [1.82, 2.24) is 25.2 Å². The van der Waals surface area contributed by atoms with Crippen LogP contribution in [0.2, 0.25) is 0 Å². The van der Waals surface area contributed by atoms with E-state index in [-0.39, 0.29) is 12.0 Å². The molecule has 1 N–H and O–H groups in total. The Morgan fingerprint density at radius 2 is 2.22 bits per heavy atom. The molecule has 0 unspecified atom stereocenters. The molecule has 1 fully saturated rings. The molecule has 0 aliphatic carbocycles. The second-order valence-corrected chi connectivity index (χ2v) is 5.52. The molecule has 1 aliphatic rings. The molecule has 0 radical (unpaired) electrons. The van der Waals surface area contributed by atoms with Crippen LogP contribution in [0.15, 0.2) is 4.52 Å². The van der Waals surface area contributed by atoms with Crippen molar-refractivity contribution in [1.29, 1.82) is 0 Å². The Balaban J connectivity index is 1.77. The molecule has 2 aromatic rings. The molecule has 8 heteroatoms. The highest BCUT2D eigenvalue weighted by molar-refractivity contribution is 5.96. The summed E-state index contributed by atoms with van der Waals surface area (Å²) in [6, 6.07) is 0. The van der Waals surface area contributed by atoms with Crippen molar-refractivity contribution >= 4 is 5.91 Å². The van der Waals surface area contributed by atoms with Crippen LogP contribution in [0.5, 0.6) is 0 Å². The number of hydrogen-bond acceptors (Lipinski definition) is 6. The van der Waals surface area contributed by atoms with Gasteiger partial charge < -0.3 is 14.2 Å². The van der Waals surface area contributed by atoms with Gasteiger partial charge in [-0.3, -0.25) is 9.89 Å². The predicted molar refractivity (Wildman–Crippen MR) is 81.0 cm³/mol. The average molecular weight is 319 g/mol. The molecule has 0 bridgehead atoms. The quantitative estimate of drug-likeness (QED) is 0.916. The Morgan fingerprint density at radius 3 is 2.91 bits per heavy atom. The molecule has 23 heavy (non-hydrogen) atoms. The van der Waals surface area contributed by atoms with Crippen LogP contribution in [-0.4, -0.2) is 50.8 Å². The van der Waals surface area contributed by atoms with E-state index in [1.54, 1.807) is 11.8 Å². The number of aryl methyl sites for hydroxylation is 3. The van der Waals surface area contributed by atoms with E-state index in [9.17, 15) is 4.79 Å². The lowest BCUT2D eigenvalue weighted by molar-refractivity contribution is -0.0267. The Kier molecular flexibility index (Phi) is 4.42. The van der Waals surface area contributed by atoms with Crippen LogP contribution in [0.25, 0.3) is 0 Å². The van der Waals surface area contributed by atoms with Crippen molar-refractivity contribution in [2.75, 3.05) is 19.7 Å². The highest BCUT2D eigenvalue weighted by atomic mass is 16.5. The average Bonchev–Trinajstić information content (AvgIpc) is 3.20. The first-order valence-corrected chi connectivity index (χ1v) is 7.91. The standard InChI is InChI=1S/C15H21N5O3/c1-4-10-13(9(3)23-19-10)15(21)20-6-7-22-11(8-20)14-16-12(5-2)17-18-14/h11H,4-8H2,1-3H3,(H,16,17,18)/t11-/m1/s1. The number of amides is 1. The first kappa shape index (κ1) is 15.7. The Bertz CT molecular complexity index is 693. The van der Waals surface area contributed by atoms with Gasteiger partial charge in [0.1, 0.15) is 23.3 Å². The van der Waals surface area contributed by atoms with Crippen molar-refractivity contribution in [3.05, 3.63) is 28.7 Å². The molecule has 1 amide bonds. The predicted octanol–water partition coefficient (Wildman–Crippen LogP) is 1.44. The summed E-state index contributed by atoms with van der Waals surface area (Å²) in [5.74, 6) is 1.90. The van der Waals surface area contributed by atoms with Crippen molar-refractivity contribution < 1.29 is 14.1 Å². The lowest BCUT2D eigenvalue weighted by Gasteiger charge is -2.31. The van der Waals surface area contributed by atoms with Gasteiger partial charge in [0.05, 0.1) is 18.8 Å². The van der Waals surface area contributed by atoms with Gasteiger partial charge in [-0.1, -0.05) is 19.0 Å². The number of hydrogen-bond donors (Lipinski definition) is 1. The molecule has 3 rings (SSSR count). The van der Waals surface area contributed by atoms with Crippen molar-refractivity contribution in [3.63, 3.8) is 0 Å². The van der Waals surface area contributed by atoms with Crippen molar-refractivity contribution in [2.45, 2.75) is 39.7 Å². The summed E-state index contributed by atoms with van der Waals surface area (Å²) in [7, 11) is 0. The van der Waals surface area contributed by atoms with E-state index < -0.39 is 0 Å². The van der Waals surface area contributed by atoms with E-state index in [0.717, 1.165) is 12.2 Å². The van der Waals surface area contributed by atoms with Gasteiger partial charge in [-0.2, -0.15) is 5.10 Å². The zero-order valence-corrected chi connectivity index (χ0v) is 13.6. The number of carbonyl (C=O) groups is 1. The number of carbonyl (C=O) groups excluding carboxylic acids is 1. The van der Waals surface area contributed by atoms with Crippen molar-refractivity contribution in [2.24, 2.45) is 0 Å². The van der Waals surface area contributed by atoms with E-state index in [2.05, 4.69) is 20.3 Å². The maximum atomic E-state index is 12.8. The molecule has 0 aromatic carbocycles. The molecule has 3 heterocycles. The second-order valence-electron chi connectivity index (χ2n) is 5.52. The van der Waals surface area contributed by atoms with Crippen LogP contribution in [0.4, 0.5) is 0 Å². The van der Waals surface area contributed by atoms with Gasteiger partial charge in [0.15, 0.2) is 5.82 Å². The van der Waals surface area contributed by atoms with Crippen LogP contribution in [0.1, 0.15) is 53.4 Å². The zero-order valence-electron chi connectivity index (χ0n) is 13.6. The number of nitrogens with one attached hydrogen (secondary N) is 1. The van der Waals surface area contributed by atoms with Gasteiger partial charge in [-0.25, -0.2) is 4.98 Å². The molecular weight excluding hydrogens is 298 g/mol. The minimum Gasteiger partial charge on any atom is -0.366 e. The first-order chi connectivity index (χ1) is 11.1. The number of rotatable bonds is 4. The third-order valence-electron chi connectivity index (χ3n) is 4.01. The fourth-order valence-electron chi connectivity index (χ4n) is 2.69. The van der Waals surface area contributed by atoms with Gasteiger partial charge in [0, 0.05) is 13.0 Å². The summed E-state index contributed by atoms with van der Waals surface area (Å²) in [6.07, 6.45) is 1.13. The molecule has 124 valence electrons. The highest BCUT2D eigenvalue weighted by Crippen LogP contribution is 2.23. The number of nitrogens with zero attached hydrogens (tertiary/aromatic N) is 4. The Morgan fingerprint density at radius 1 is 1.39 bits per heavy atom. The van der Waals surface area contributed by atoms with Gasteiger partial charge in [-0.05, 0) is 13.3 Å². The molecule has 8 nitrogen and oxygen atoms in total. The zero-order chi connectivity index (χ0) is 16.4. The van der Waals surface area contributed by atoms with E-state index in [0.29, 0.717) is 49.0 Å². The Labute approximate surface area is 134 Å². The van der Waals surface area contributed by atoms with Gasteiger partial charge in [-0.15, -0.1) is 0 Å². The normalized spacial score (nSPS) is 18.4. The van der Waals surface area contributed by atoms with Crippen LogP contribution in [0.3, 0.4) is 0 Å². The molecule has 2 aromatic heterocycles. The van der Waals surface area contributed by atoms with E-state index in [1.165, 1.54) is 0 Å². The molecular formula is C15H21N5O3. The summed E-state index contributed by atoms with van der Waals surface area (Å²) in [5, 5.41) is 11.0. The number of H-pyrrole nitrogens is 1. The minimum atomic E-state index is -0.311. The first-order valence-electron chi connectivity index (χ1n) is 7.91. The fourth-order valence-corrected chi connectivity index (χ4v) is 2.69. The van der Waals surface area contributed by atoms with Crippen LogP contribution in [0, 0.1) is 6.92 Å². The number of aromatic nitrogens is 4. The van der Waals surface area contributed by atoms with Crippen molar-refractivity contribution in [3.8, 4) is 0 Å². The van der Waals surface area contributed by atoms with E-state index >= 15 is 0 Å². The summed E-state index contributed by atoms with van der Waals surface area (Å²) in [6.45, 7) is 7.14. The Hall–Kier alpha value is -2.22.